The van der Waals surface area contributed by atoms with Crippen molar-refractivity contribution in [2.75, 3.05) is 0 Å². The average Bonchev–Trinajstić information content (AvgIpc) is 2.15. The summed E-state index contributed by atoms with van der Waals surface area (Å²) in [7, 11) is 0. The molecule has 2 heteroatoms. The van der Waals surface area contributed by atoms with E-state index >= 15 is 0 Å². The lowest BCUT2D eigenvalue weighted by Gasteiger charge is -2.03. The van der Waals surface area contributed by atoms with Crippen LogP contribution in [-0.4, -0.2) is 4.98 Å². The van der Waals surface area contributed by atoms with Crippen molar-refractivity contribution >= 4 is 16.8 Å². The lowest BCUT2D eigenvalue weighted by molar-refractivity contribution is 0.629. The Morgan fingerprint density at radius 3 is 2.86 bits per heavy atom. The Morgan fingerprint density at radius 2 is 2.14 bits per heavy atom. The van der Waals surface area contributed by atoms with Gasteiger partial charge in [0.2, 0.25) is 0 Å². The Hall–Kier alpha value is -1.70. The monoisotopic (exact) mass is 187 g/mol. The van der Waals surface area contributed by atoms with Gasteiger partial charge < -0.3 is 0 Å². The van der Waals surface area contributed by atoms with Crippen molar-refractivity contribution in [1.29, 1.82) is 0 Å². The second-order valence-electron chi connectivity index (χ2n) is 3.25. The van der Waals surface area contributed by atoms with Crippen LogP contribution in [0, 0.1) is 12.7 Å². The fourth-order valence-corrected chi connectivity index (χ4v) is 1.53. The van der Waals surface area contributed by atoms with Crippen LogP contribution in [0.3, 0.4) is 0 Å². The van der Waals surface area contributed by atoms with Crippen molar-refractivity contribution < 1.29 is 4.39 Å². The van der Waals surface area contributed by atoms with Crippen molar-refractivity contribution in [2.45, 2.75) is 6.92 Å². The van der Waals surface area contributed by atoms with Gasteiger partial charge >= 0.3 is 0 Å². The first-order valence-electron chi connectivity index (χ1n) is 4.39. The van der Waals surface area contributed by atoms with Gasteiger partial charge in [0.05, 0.1) is 0 Å². The van der Waals surface area contributed by atoms with Crippen LogP contribution in [0.15, 0.2) is 31.0 Å². The van der Waals surface area contributed by atoms with E-state index < -0.39 is 0 Å². The van der Waals surface area contributed by atoms with Crippen molar-refractivity contribution in [1.82, 2.24) is 4.98 Å². The molecule has 1 heterocycles. The number of halogens is 1. The maximum absolute atomic E-state index is 13.1. The molecule has 0 saturated heterocycles. The molecule has 0 amide bonds. The zero-order valence-corrected chi connectivity index (χ0v) is 7.92. The third-order valence-electron chi connectivity index (χ3n) is 2.19. The van der Waals surface area contributed by atoms with E-state index in [2.05, 4.69) is 11.6 Å². The molecule has 1 aromatic heterocycles. The summed E-state index contributed by atoms with van der Waals surface area (Å²) < 4.78 is 13.1. The van der Waals surface area contributed by atoms with Gasteiger partial charge in [-0.25, -0.2) is 4.39 Å². The van der Waals surface area contributed by atoms with E-state index in [1.807, 2.05) is 13.0 Å². The summed E-state index contributed by atoms with van der Waals surface area (Å²) in [5.41, 5.74) is 1.67. The van der Waals surface area contributed by atoms with Crippen molar-refractivity contribution in [3.05, 3.63) is 48.0 Å². The zero-order valence-electron chi connectivity index (χ0n) is 7.92. The van der Waals surface area contributed by atoms with Crippen molar-refractivity contribution in [3.63, 3.8) is 0 Å². The van der Waals surface area contributed by atoms with Crippen LogP contribution < -0.4 is 0 Å². The maximum Gasteiger partial charge on any atom is 0.124 e. The topological polar surface area (TPSA) is 12.9 Å². The summed E-state index contributed by atoms with van der Waals surface area (Å²) in [6.07, 6.45) is 3.39. The molecule has 0 radical (unpaired) electrons. The molecule has 0 aliphatic rings. The van der Waals surface area contributed by atoms with Gasteiger partial charge in [-0.1, -0.05) is 12.7 Å². The van der Waals surface area contributed by atoms with E-state index in [9.17, 15) is 4.39 Å². The molecule has 14 heavy (non-hydrogen) atoms. The Morgan fingerprint density at radius 1 is 1.36 bits per heavy atom. The van der Waals surface area contributed by atoms with Crippen LogP contribution >= 0.6 is 0 Å². The molecule has 0 bridgehead atoms. The van der Waals surface area contributed by atoms with Crippen LogP contribution in [0.25, 0.3) is 16.8 Å². The van der Waals surface area contributed by atoms with Gasteiger partial charge in [0, 0.05) is 17.3 Å². The van der Waals surface area contributed by atoms with Gasteiger partial charge in [0.15, 0.2) is 0 Å². The predicted molar refractivity (Wildman–Crippen MR) is 56.5 cm³/mol. The fourth-order valence-electron chi connectivity index (χ4n) is 1.53. The highest BCUT2D eigenvalue weighted by Crippen LogP contribution is 2.21. The summed E-state index contributed by atoms with van der Waals surface area (Å²) >= 11 is 0. The minimum Gasteiger partial charge on any atom is -0.261 e. The molecule has 2 rings (SSSR count). The normalized spacial score (nSPS) is 10.4. The third-order valence-corrected chi connectivity index (χ3v) is 2.19. The molecule has 0 spiro atoms. The van der Waals surface area contributed by atoms with Crippen LogP contribution in [0.5, 0.6) is 0 Å². The second-order valence-corrected chi connectivity index (χ2v) is 3.25. The molecule has 0 atom stereocenters. The summed E-state index contributed by atoms with van der Waals surface area (Å²) in [5, 5.41) is 1.81. The number of benzene rings is 1. The second kappa shape index (κ2) is 3.22. The molecule has 0 aliphatic heterocycles. The smallest absolute Gasteiger partial charge is 0.124 e. The number of hydrogen-bond donors (Lipinski definition) is 0. The number of nitrogens with zero attached hydrogens (tertiary/aromatic N) is 1. The highest BCUT2D eigenvalue weighted by Gasteiger charge is 2.02. The van der Waals surface area contributed by atoms with Crippen LogP contribution in [0.2, 0.25) is 0 Å². The summed E-state index contributed by atoms with van der Waals surface area (Å²) in [5.74, 6) is -0.238. The number of fused-ring (bicyclic) bond motifs is 1. The van der Waals surface area contributed by atoms with Gasteiger partial charge in [-0.05, 0) is 36.1 Å². The van der Waals surface area contributed by atoms with Gasteiger partial charge in [0.1, 0.15) is 5.82 Å². The van der Waals surface area contributed by atoms with E-state index in [1.54, 1.807) is 12.3 Å². The first-order valence-corrected chi connectivity index (χ1v) is 4.39. The van der Waals surface area contributed by atoms with E-state index in [0.29, 0.717) is 0 Å². The number of aromatic nitrogens is 1. The van der Waals surface area contributed by atoms with E-state index in [0.717, 1.165) is 22.0 Å². The number of pyridine rings is 1. The first kappa shape index (κ1) is 8.88. The fraction of sp³-hybridized carbons (Fsp3) is 0.0833. The molecule has 0 N–H and O–H groups in total. The molecule has 0 unspecified atom stereocenters. The standard InChI is InChI=1S/C12H10FN/c1-3-9-5-11(13)6-10-4-8(2)14-7-12(9)10/h3-7H,1H2,2H3. The molecule has 0 saturated carbocycles. The first-order chi connectivity index (χ1) is 6.70. The number of rotatable bonds is 1. The molecule has 1 nitrogen and oxygen atoms in total. The van der Waals surface area contributed by atoms with Crippen LogP contribution in [0.4, 0.5) is 4.39 Å². The van der Waals surface area contributed by atoms with Crippen molar-refractivity contribution in [2.24, 2.45) is 0 Å². The van der Waals surface area contributed by atoms with Crippen LogP contribution in [-0.2, 0) is 0 Å². The third kappa shape index (κ3) is 1.39. The highest BCUT2D eigenvalue weighted by molar-refractivity contribution is 5.90. The molecule has 0 aliphatic carbocycles. The molecule has 70 valence electrons. The van der Waals surface area contributed by atoms with Gasteiger partial charge in [-0.3, -0.25) is 4.98 Å². The number of hydrogen-bond acceptors (Lipinski definition) is 1. The molecular weight excluding hydrogens is 177 g/mol. The Kier molecular flexibility index (Phi) is 2.04. The van der Waals surface area contributed by atoms with Gasteiger partial charge in [-0.2, -0.15) is 0 Å². The van der Waals surface area contributed by atoms with E-state index in [-0.39, 0.29) is 5.82 Å². The largest absolute Gasteiger partial charge is 0.261 e. The Labute approximate surface area is 81.9 Å². The van der Waals surface area contributed by atoms with Gasteiger partial charge in [0.25, 0.3) is 0 Å². The van der Waals surface area contributed by atoms with Crippen molar-refractivity contribution in [3.8, 4) is 0 Å². The van der Waals surface area contributed by atoms with E-state index in [4.69, 9.17) is 0 Å². The lowest BCUT2D eigenvalue weighted by Crippen LogP contribution is -1.86. The maximum atomic E-state index is 13.1. The number of aryl methyl sites for hydroxylation is 1. The minimum absolute atomic E-state index is 0.238. The zero-order chi connectivity index (χ0) is 10.1. The minimum atomic E-state index is -0.238. The molecule has 2 aromatic rings. The lowest BCUT2D eigenvalue weighted by atomic mass is 10.1. The molecular formula is C12H10FN. The molecule has 1 aromatic carbocycles. The summed E-state index contributed by atoms with van der Waals surface area (Å²) in [4.78, 5) is 4.18. The van der Waals surface area contributed by atoms with Gasteiger partial charge in [-0.15, -0.1) is 0 Å². The summed E-state index contributed by atoms with van der Waals surface area (Å²) in [6.45, 7) is 5.54. The average molecular weight is 187 g/mol. The SMILES string of the molecule is C=Cc1cc(F)cc2cc(C)ncc12. The quantitative estimate of drug-likeness (QED) is 0.667. The summed E-state index contributed by atoms with van der Waals surface area (Å²) in [6, 6.07) is 4.84. The molecule has 0 fully saturated rings. The Bertz CT molecular complexity index is 498. The Balaban J connectivity index is 2.87. The van der Waals surface area contributed by atoms with Crippen LogP contribution in [0.1, 0.15) is 11.3 Å². The predicted octanol–water partition coefficient (Wildman–Crippen LogP) is 3.33. The highest BCUT2D eigenvalue weighted by atomic mass is 19.1. The van der Waals surface area contributed by atoms with E-state index in [1.165, 1.54) is 12.1 Å².